The molecule has 0 aliphatic carbocycles. The zero-order valence-corrected chi connectivity index (χ0v) is 12.0. The third-order valence-corrected chi connectivity index (χ3v) is 4.20. The summed E-state index contributed by atoms with van der Waals surface area (Å²) in [6, 6.07) is 8.50. The summed E-state index contributed by atoms with van der Waals surface area (Å²) in [5, 5.41) is 0. The van der Waals surface area contributed by atoms with Crippen molar-refractivity contribution in [3.05, 3.63) is 35.4 Å². The second-order valence-corrected chi connectivity index (χ2v) is 5.23. The fourth-order valence-corrected chi connectivity index (χ4v) is 3.33. The van der Waals surface area contributed by atoms with Gasteiger partial charge in [0.15, 0.2) is 6.29 Å². The molecule has 108 valence electrons. The second-order valence-electron chi connectivity index (χ2n) is 5.23. The highest BCUT2D eigenvalue weighted by Crippen LogP contribution is 2.46. The molecule has 0 saturated carbocycles. The maximum absolute atomic E-state index is 12.4. The van der Waals surface area contributed by atoms with E-state index < -0.39 is 6.29 Å². The van der Waals surface area contributed by atoms with Crippen molar-refractivity contribution < 1.29 is 14.3 Å². The van der Waals surface area contributed by atoms with Crippen LogP contribution >= 0.6 is 0 Å². The van der Waals surface area contributed by atoms with E-state index in [9.17, 15) is 4.79 Å². The van der Waals surface area contributed by atoms with Crippen LogP contribution in [0.3, 0.4) is 0 Å². The van der Waals surface area contributed by atoms with Gasteiger partial charge in [-0.25, -0.2) is 0 Å². The number of rotatable bonds is 5. The quantitative estimate of drug-likeness (QED) is 0.610. The van der Waals surface area contributed by atoms with Crippen LogP contribution in [-0.4, -0.2) is 36.9 Å². The molecule has 0 N–H and O–H groups in total. The van der Waals surface area contributed by atoms with E-state index in [1.807, 2.05) is 24.8 Å². The Morgan fingerprint density at radius 1 is 1.25 bits per heavy atom. The highest BCUT2D eigenvalue weighted by Gasteiger charge is 2.54. The van der Waals surface area contributed by atoms with Gasteiger partial charge in [0.2, 0.25) is 5.91 Å². The lowest BCUT2D eigenvalue weighted by atomic mass is 9.76. The minimum atomic E-state index is -0.426. The normalized spacial score (nSPS) is 24.4. The zero-order chi connectivity index (χ0) is 14.1. The molecule has 0 spiro atoms. The lowest BCUT2D eigenvalue weighted by Gasteiger charge is -2.52. The molecule has 2 aliphatic heterocycles. The Balaban J connectivity index is 1.88. The zero-order valence-electron chi connectivity index (χ0n) is 12.0. The van der Waals surface area contributed by atoms with Crippen LogP contribution in [-0.2, 0) is 20.7 Å². The van der Waals surface area contributed by atoms with Crippen LogP contribution in [0.1, 0.15) is 31.0 Å². The van der Waals surface area contributed by atoms with Crippen molar-refractivity contribution in [2.75, 3.05) is 19.8 Å². The van der Waals surface area contributed by atoms with Crippen LogP contribution in [0.5, 0.6) is 0 Å². The first-order chi connectivity index (χ1) is 9.77. The molecule has 0 radical (unpaired) electrons. The molecule has 1 fully saturated rings. The van der Waals surface area contributed by atoms with E-state index in [0.29, 0.717) is 13.2 Å². The van der Waals surface area contributed by atoms with Gasteiger partial charge in [-0.15, -0.1) is 0 Å². The Morgan fingerprint density at radius 3 is 2.65 bits per heavy atom. The molecule has 20 heavy (non-hydrogen) atoms. The maximum atomic E-state index is 12.4. The van der Waals surface area contributed by atoms with Gasteiger partial charge in [0.1, 0.15) is 5.92 Å². The van der Waals surface area contributed by atoms with Crippen molar-refractivity contribution in [3.8, 4) is 0 Å². The summed E-state index contributed by atoms with van der Waals surface area (Å²) in [4.78, 5) is 14.3. The van der Waals surface area contributed by atoms with E-state index in [4.69, 9.17) is 9.47 Å². The lowest BCUT2D eigenvalue weighted by Crippen LogP contribution is -2.62. The Hall–Kier alpha value is -1.39. The summed E-state index contributed by atoms with van der Waals surface area (Å²) in [5.41, 5.74) is 2.60. The third kappa shape index (κ3) is 2.03. The molecule has 1 amide bonds. The summed E-state index contributed by atoms with van der Waals surface area (Å²) in [6.45, 7) is 5.79. The number of fused-ring (bicyclic) bond motifs is 3. The molecule has 0 aromatic heterocycles. The van der Waals surface area contributed by atoms with Crippen molar-refractivity contribution in [1.82, 2.24) is 4.90 Å². The molecule has 2 aliphatic rings. The van der Waals surface area contributed by atoms with E-state index in [1.54, 1.807) is 0 Å². The number of hydrogen-bond donors (Lipinski definition) is 0. The number of hydrogen-bond acceptors (Lipinski definition) is 3. The first-order valence-electron chi connectivity index (χ1n) is 7.39. The summed E-state index contributed by atoms with van der Waals surface area (Å²) in [6.07, 6.45) is 0.518. The molecule has 2 heterocycles. The average molecular weight is 275 g/mol. The van der Waals surface area contributed by atoms with Gasteiger partial charge >= 0.3 is 0 Å². The van der Waals surface area contributed by atoms with Gasteiger partial charge < -0.3 is 14.4 Å². The van der Waals surface area contributed by atoms with Gasteiger partial charge in [-0.1, -0.05) is 24.3 Å². The molecule has 1 saturated heterocycles. The smallest absolute Gasteiger partial charge is 0.233 e. The van der Waals surface area contributed by atoms with Crippen molar-refractivity contribution in [1.29, 1.82) is 0 Å². The Bertz CT molecular complexity index is 496. The Morgan fingerprint density at radius 2 is 1.95 bits per heavy atom. The lowest BCUT2D eigenvalue weighted by molar-refractivity contribution is -0.216. The minimum absolute atomic E-state index is 0.121. The molecule has 0 unspecified atom stereocenters. The van der Waals surface area contributed by atoms with E-state index >= 15 is 0 Å². The van der Waals surface area contributed by atoms with Gasteiger partial charge in [-0.05, 0) is 31.4 Å². The van der Waals surface area contributed by atoms with Crippen LogP contribution in [0.15, 0.2) is 24.3 Å². The topological polar surface area (TPSA) is 38.8 Å². The predicted octanol–water partition coefficient (Wildman–Crippen LogP) is 2.14. The monoisotopic (exact) mass is 275 g/mol. The van der Waals surface area contributed by atoms with E-state index in [-0.39, 0.29) is 17.9 Å². The van der Waals surface area contributed by atoms with Gasteiger partial charge in [-0.3, -0.25) is 4.79 Å². The highest BCUT2D eigenvalue weighted by atomic mass is 16.7. The standard InChI is InChI=1S/C16H21NO3/c1-3-19-16(20-4-2)13-14-12-8-6-5-7-11(12)9-10-17(14)15(13)18/h5-8,13-14,16H,3-4,9-10H2,1-2H3/t13-,14+/m1/s1. The minimum Gasteiger partial charge on any atom is -0.352 e. The van der Waals surface area contributed by atoms with Crippen molar-refractivity contribution in [3.63, 3.8) is 0 Å². The van der Waals surface area contributed by atoms with E-state index in [2.05, 4.69) is 18.2 Å². The van der Waals surface area contributed by atoms with Crippen LogP contribution in [0.25, 0.3) is 0 Å². The molecule has 1 aromatic rings. The molecule has 0 bridgehead atoms. The number of nitrogens with zero attached hydrogens (tertiary/aromatic N) is 1. The SMILES string of the molecule is CCOC(OCC)[C@H]1C(=O)N2CCc3ccccc3[C@@H]12. The van der Waals surface area contributed by atoms with Gasteiger partial charge in [0, 0.05) is 19.8 Å². The molecule has 4 heteroatoms. The molecule has 1 aromatic carbocycles. The van der Waals surface area contributed by atoms with E-state index in [1.165, 1.54) is 11.1 Å². The van der Waals surface area contributed by atoms with Gasteiger partial charge in [0.05, 0.1) is 6.04 Å². The van der Waals surface area contributed by atoms with Crippen LogP contribution < -0.4 is 0 Å². The number of benzene rings is 1. The largest absolute Gasteiger partial charge is 0.352 e. The first kappa shape index (κ1) is 13.6. The number of β-lactam (4-membered cyclic amide) rings is 1. The molecule has 4 nitrogen and oxygen atoms in total. The number of amides is 1. The van der Waals surface area contributed by atoms with Gasteiger partial charge in [-0.2, -0.15) is 0 Å². The summed E-state index contributed by atoms with van der Waals surface area (Å²) >= 11 is 0. The highest BCUT2D eigenvalue weighted by molar-refractivity contribution is 5.87. The van der Waals surface area contributed by atoms with Crippen molar-refractivity contribution >= 4 is 5.91 Å². The molecular formula is C16H21NO3. The third-order valence-electron chi connectivity index (χ3n) is 4.20. The molecular weight excluding hydrogens is 254 g/mol. The number of carbonyl (C=O) groups is 1. The first-order valence-corrected chi connectivity index (χ1v) is 7.39. The van der Waals surface area contributed by atoms with Crippen molar-refractivity contribution in [2.45, 2.75) is 32.6 Å². The van der Waals surface area contributed by atoms with E-state index in [0.717, 1.165) is 13.0 Å². The number of ether oxygens (including phenoxy) is 2. The fourth-order valence-electron chi connectivity index (χ4n) is 3.33. The Kier molecular flexibility index (Phi) is 3.76. The van der Waals surface area contributed by atoms with Gasteiger partial charge in [0.25, 0.3) is 0 Å². The summed E-state index contributed by atoms with van der Waals surface area (Å²) in [7, 11) is 0. The fraction of sp³-hybridized carbons (Fsp3) is 0.562. The summed E-state index contributed by atoms with van der Waals surface area (Å²) in [5.74, 6) is -0.0345. The maximum Gasteiger partial charge on any atom is 0.233 e. The number of carbonyl (C=O) groups excluding carboxylic acids is 1. The predicted molar refractivity (Wildman–Crippen MR) is 75.1 cm³/mol. The second kappa shape index (κ2) is 5.54. The van der Waals surface area contributed by atoms with Crippen LogP contribution in [0, 0.1) is 5.92 Å². The molecule has 3 rings (SSSR count). The Labute approximate surface area is 119 Å². The van der Waals surface area contributed by atoms with Crippen LogP contribution in [0.2, 0.25) is 0 Å². The van der Waals surface area contributed by atoms with Crippen molar-refractivity contribution in [2.24, 2.45) is 5.92 Å². The average Bonchev–Trinajstić information content (AvgIpc) is 2.46. The molecule has 2 atom stereocenters. The summed E-state index contributed by atoms with van der Waals surface area (Å²) < 4.78 is 11.3. The van der Waals surface area contributed by atoms with Crippen LogP contribution in [0.4, 0.5) is 0 Å².